The molecule has 6 aliphatic rings. The SMILES string of the molecule is COC(=O)[C@@H]1CC2(CC(=O)c3c(c(C4CC4)nc4ccc(OC)cc34)O2)CN1C(=O)OC(C)(C)C.COC(=O)[C@@H]1CC2(CN1C(=O)OC(C)(C)C)CC(F)(F)c1c(c(C3CC3)nc3ccc(OC)cc13)O2. The number of fused-ring (bicyclic) bond motifs is 6. The molecule has 4 atom stereocenters. The molecule has 2 aliphatic carbocycles. The van der Waals surface area contributed by atoms with Crippen molar-refractivity contribution in [3.05, 3.63) is 58.9 Å². The highest BCUT2D eigenvalue weighted by Crippen LogP contribution is 2.58. The van der Waals surface area contributed by atoms with Crippen LogP contribution in [0, 0.1) is 0 Å². The number of pyridine rings is 2. The summed E-state index contributed by atoms with van der Waals surface area (Å²) in [6, 6.07) is 8.37. The Morgan fingerprint density at radius 2 is 1.11 bits per heavy atom. The molecule has 0 radical (unpaired) electrons. The first-order valence-corrected chi connectivity index (χ1v) is 23.9. The Labute approximate surface area is 409 Å². The van der Waals surface area contributed by atoms with Crippen molar-refractivity contribution in [1.29, 1.82) is 0 Å². The fraction of sp³-hybridized carbons (Fsp3) is 0.558. The number of hydrogen-bond acceptors (Lipinski definition) is 15. The summed E-state index contributed by atoms with van der Waals surface area (Å²) >= 11 is 0. The van der Waals surface area contributed by atoms with E-state index in [2.05, 4.69) is 0 Å². The molecule has 4 aliphatic heterocycles. The summed E-state index contributed by atoms with van der Waals surface area (Å²) in [5.41, 5.74) is -1.47. The number of ketones is 1. The number of likely N-dealkylation sites (tertiary alicyclic amines) is 2. The first-order valence-electron chi connectivity index (χ1n) is 23.9. The van der Waals surface area contributed by atoms with Gasteiger partial charge in [0.1, 0.15) is 46.0 Å². The van der Waals surface area contributed by atoms with Crippen LogP contribution < -0.4 is 18.9 Å². The maximum atomic E-state index is 16.1. The lowest BCUT2D eigenvalue weighted by atomic mass is 9.84. The van der Waals surface area contributed by atoms with Crippen LogP contribution in [0.3, 0.4) is 0 Å². The van der Waals surface area contributed by atoms with Gasteiger partial charge >= 0.3 is 24.1 Å². The van der Waals surface area contributed by atoms with Gasteiger partial charge in [0, 0.05) is 35.4 Å². The highest BCUT2D eigenvalue weighted by molar-refractivity contribution is 6.11. The van der Waals surface area contributed by atoms with Crippen molar-refractivity contribution in [2.45, 2.75) is 145 Å². The molecule has 2 saturated heterocycles. The van der Waals surface area contributed by atoms with Gasteiger partial charge in [0.05, 0.1) is 87.9 Å². The molecule has 2 saturated carbocycles. The van der Waals surface area contributed by atoms with Crippen molar-refractivity contribution < 1.29 is 70.6 Å². The molecule has 0 N–H and O–H groups in total. The Morgan fingerprint density at radius 1 is 0.662 bits per heavy atom. The Hall–Kier alpha value is -6.53. The summed E-state index contributed by atoms with van der Waals surface area (Å²) in [5.74, 6) is -2.89. The van der Waals surface area contributed by atoms with Crippen molar-refractivity contribution in [1.82, 2.24) is 19.8 Å². The molecule has 380 valence electrons. The maximum Gasteiger partial charge on any atom is 0.411 e. The minimum atomic E-state index is -3.31. The lowest BCUT2D eigenvalue weighted by molar-refractivity contribution is -0.146. The van der Waals surface area contributed by atoms with Gasteiger partial charge in [-0.3, -0.25) is 14.6 Å². The number of carbonyl (C=O) groups excluding carboxylic acids is 5. The Balaban J connectivity index is 0.000000176. The molecular formula is C52H60F2N4O13. The third-order valence-electron chi connectivity index (χ3n) is 13.6. The number of aromatic nitrogens is 2. The van der Waals surface area contributed by atoms with E-state index in [0.29, 0.717) is 44.9 Å². The second-order valence-electron chi connectivity index (χ2n) is 21.5. The number of alkyl halides is 2. The van der Waals surface area contributed by atoms with E-state index in [1.54, 1.807) is 72.9 Å². The number of benzene rings is 2. The molecule has 0 bridgehead atoms. The number of carbonyl (C=O) groups is 5. The van der Waals surface area contributed by atoms with Crippen LogP contribution in [-0.2, 0) is 34.5 Å². The number of nitrogens with zero attached hydrogens (tertiary/aromatic N) is 4. The van der Waals surface area contributed by atoms with Crippen molar-refractivity contribution in [3.63, 3.8) is 0 Å². The molecule has 2 aromatic carbocycles. The molecule has 10 rings (SSSR count). The summed E-state index contributed by atoms with van der Waals surface area (Å²) in [6.07, 6.45) is 1.48. The molecule has 4 aromatic rings. The molecule has 2 unspecified atom stereocenters. The second kappa shape index (κ2) is 17.6. The highest BCUT2D eigenvalue weighted by atomic mass is 19.3. The zero-order valence-corrected chi connectivity index (χ0v) is 41.7. The molecule has 19 heteroatoms. The van der Waals surface area contributed by atoms with Gasteiger partial charge < -0.3 is 37.9 Å². The van der Waals surface area contributed by atoms with Crippen LogP contribution in [-0.4, -0.2) is 126 Å². The van der Waals surface area contributed by atoms with Crippen LogP contribution in [0.25, 0.3) is 21.8 Å². The van der Waals surface area contributed by atoms with E-state index in [4.69, 9.17) is 47.9 Å². The predicted molar refractivity (Wildman–Crippen MR) is 251 cm³/mol. The maximum absolute atomic E-state index is 16.1. The fourth-order valence-corrected chi connectivity index (χ4v) is 10.3. The van der Waals surface area contributed by atoms with Crippen molar-refractivity contribution in [2.24, 2.45) is 0 Å². The number of methoxy groups -OCH3 is 4. The number of amides is 2. The largest absolute Gasteiger partial charge is 0.497 e. The lowest BCUT2D eigenvalue weighted by Gasteiger charge is -2.40. The zero-order valence-electron chi connectivity index (χ0n) is 41.7. The summed E-state index contributed by atoms with van der Waals surface area (Å²) < 4.78 is 76.8. The third-order valence-corrected chi connectivity index (χ3v) is 13.6. The number of Topliss-reactive ketones (excluding diaryl/α,β-unsaturated/α-hetero) is 1. The second-order valence-corrected chi connectivity index (χ2v) is 21.5. The molecular weight excluding hydrogens is 927 g/mol. The monoisotopic (exact) mass is 986 g/mol. The van der Waals surface area contributed by atoms with Gasteiger partial charge in [-0.1, -0.05) is 0 Å². The first-order chi connectivity index (χ1) is 33.4. The Morgan fingerprint density at radius 3 is 1.59 bits per heavy atom. The first kappa shape index (κ1) is 49.5. The Bertz CT molecular complexity index is 2850. The average molecular weight is 987 g/mol. The van der Waals surface area contributed by atoms with Crippen LogP contribution in [0.4, 0.5) is 18.4 Å². The van der Waals surface area contributed by atoms with Crippen molar-refractivity contribution >= 4 is 51.7 Å². The average Bonchev–Trinajstić information content (AvgIpc) is 4.25. The molecule has 17 nitrogen and oxygen atoms in total. The minimum Gasteiger partial charge on any atom is -0.497 e. The summed E-state index contributed by atoms with van der Waals surface area (Å²) in [7, 11) is 5.52. The van der Waals surface area contributed by atoms with Crippen LogP contribution in [0.15, 0.2) is 36.4 Å². The number of halogens is 2. The third kappa shape index (κ3) is 9.55. The summed E-state index contributed by atoms with van der Waals surface area (Å²) in [5, 5.41) is 0.940. The van der Waals surface area contributed by atoms with E-state index in [1.807, 2.05) is 12.1 Å². The summed E-state index contributed by atoms with van der Waals surface area (Å²) in [4.78, 5) is 77.0. The highest BCUT2D eigenvalue weighted by Gasteiger charge is 2.61. The Kier molecular flexibility index (Phi) is 12.3. The number of rotatable bonds is 6. The van der Waals surface area contributed by atoms with E-state index in [1.165, 1.54) is 26.2 Å². The van der Waals surface area contributed by atoms with E-state index in [9.17, 15) is 24.0 Å². The van der Waals surface area contributed by atoms with Gasteiger partial charge in [-0.2, -0.15) is 0 Å². The number of ether oxygens (including phenoxy) is 8. The molecule has 2 spiro atoms. The van der Waals surface area contributed by atoms with Crippen LogP contribution in [0.1, 0.15) is 132 Å². The lowest BCUT2D eigenvalue weighted by Crippen LogP contribution is -2.49. The van der Waals surface area contributed by atoms with Gasteiger partial charge in [-0.15, -0.1) is 0 Å². The number of esters is 2. The van der Waals surface area contributed by atoms with Crippen LogP contribution >= 0.6 is 0 Å². The van der Waals surface area contributed by atoms with Gasteiger partial charge in [0.25, 0.3) is 5.92 Å². The standard InChI is InChI=1S/C26H30F2N2O6.C26H30N2O7/c1-24(2,3)36-23(32)30-13-25(11-18(30)22(31)34-5)12-26(27,28)19-16-10-15(33-4)8-9-17(16)29-20(14-6-7-14)21(19)35-25;1-25(2,3)35-24(31)28-13-26(11-18(28)23(30)33-5)12-19(29)20-16-10-15(32-4)8-9-17(16)27-21(14-6-7-14)22(20)34-26/h8-10,14,18H,6-7,11-13H2,1-5H3;8-10,14,18H,6-7,11-13H2,1-5H3/t18-,25?;18-,26?/m00/s1. The summed E-state index contributed by atoms with van der Waals surface area (Å²) in [6.45, 7) is 10.1. The van der Waals surface area contributed by atoms with Crippen LogP contribution in [0.2, 0.25) is 0 Å². The van der Waals surface area contributed by atoms with E-state index >= 15 is 8.78 Å². The predicted octanol–water partition coefficient (Wildman–Crippen LogP) is 8.92. The van der Waals surface area contributed by atoms with E-state index < -0.39 is 71.0 Å². The molecule has 2 amide bonds. The zero-order chi connectivity index (χ0) is 51.2. The smallest absolute Gasteiger partial charge is 0.411 e. The van der Waals surface area contributed by atoms with Crippen LogP contribution in [0.5, 0.6) is 23.0 Å². The van der Waals surface area contributed by atoms with Gasteiger partial charge in [0.2, 0.25) is 0 Å². The minimum absolute atomic E-state index is 0.0211. The number of hydrogen-bond donors (Lipinski definition) is 0. The van der Waals surface area contributed by atoms with Gasteiger partial charge in [-0.05, 0) is 104 Å². The normalized spacial score (nSPS) is 24.3. The quantitative estimate of drug-likeness (QED) is 0.131. The van der Waals surface area contributed by atoms with Crippen molar-refractivity contribution in [2.75, 3.05) is 41.5 Å². The molecule has 71 heavy (non-hydrogen) atoms. The fourth-order valence-electron chi connectivity index (χ4n) is 10.3. The van der Waals surface area contributed by atoms with Crippen molar-refractivity contribution in [3.8, 4) is 23.0 Å². The van der Waals surface area contributed by atoms with E-state index in [-0.39, 0.29) is 66.7 Å². The topological polar surface area (TPSA) is 191 Å². The van der Waals surface area contributed by atoms with Gasteiger partial charge in [-0.25, -0.2) is 37.9 Å². The molecule has 4 fully saturated rings. The molecule has 2 aromatic heterocycles. The van der Waals surface area contributed by atoms with Gasteiger partial charge in [0.15, 0.2) is 17.3 Å². The van der Waals surface area contributed by atoms with E-state index in [0.717, 1.165) is 36.3 Å². The molecule has 6 heterocycles.